The van der Waals surface area contributed by atoms with Crippen LogP contribution in [0.4, 0.5) is 0 Å². The Morgan fingerprint density at radius 1 is 0.786 bits per heavy atom. The first kappa shape index (κ1) is 81.5. The Morgan fingerprint density at radius 3 is 2.07 bits per heavy atom. The summed E-state index contributed by atoms with van der Waals surface area (Å²) in [7, 11) is 1.26. The Kier molecular flexibility index (Phi) is 28.2. The number of aliphatic hydroxyl groups excluding tert-OH is 4. The molecule has 2 heterocycles. The molecule has 3 aliphatic carbocycles. The van der Waals surface area contributed by atoms with Crippen LogP contribution >= 0.6 is 0 Å². The number of nitrogens with one attached hydrogen (secondary N) is 8. The molecule has 2 aromatic rings. The number of benzene rings is 2. The third-order valence-corrected chi connectivity index (χ3v) is 19.0. The van der Waals surface area contributed by atoms with Crippen molar-refractivity contribution in [2.24, 2.45) is 17.6 Å². The minimum atomic E-state index is -2.70. The number of nitrogens with two attached hydrogens (primary N) is 1. The van der Waals surface area contributed by atoms with E-state index in [1.54, 1.807) is 20.8 Å². The van der Waals surface area contributed by atoms with Gasteiger partial charge in [0.2, 0.25) is 58.8 Å². The van der Waals surface area contributed by atoms with Gasteiger partial charge in [-0.2, -0.15) is 0 Å². The van der Waals surface area contributed by atoms with Gasteiger partial charge in [-0.3, -0.25) is 62.9 Å². The highest BCUT2D eigenvalue weighted by Gasteiger charge is 2.52. The molecule has 2 aliphatic heterocycles. The summed E-state index contributed by atoms with van der Waals surface area (Å²) in [5.41, 5.74) is -1.87. The molecule has 103 heavy (non-hydrogen) atoms. The van der Waals surface area contributed by atoms with Crippen LogP contribution in [-0.4, -0.2) is 235 Å². The molecule has 15 atom stereocenters. The number of ketones is 3. The Hall–Kier alpha value is -8.81. The molecule has 568 valence electrons. The lowest BCUT2D eigenvalue weighted by Crippen LogP contribution is -2.62. The number of rotatable bonds is 32. The summed E-state index contributed by atoms with van der Waals surface area (Å²) in [6, 6.07) is -4.80. The summed E-state index contributed by atoms with van der Waals surface area (Å²) in [6.07, 6.45) is -7.21. The van der Waals surface area contributed by atoms with Gasteiger partial charge < -0.3 is 107 Å². The second-order valence-electron chi connectivity index (χ2n) is 27.5. The molecule has 9 unspecified atom stereocenters. The lowest BCUT2D eigenvalue weighted by atomic mass is 9.72. The van der Waals surface area contributed by atoms with Gasteiger partial charge in [0, 0.05) is 61.4 Å². The van der Waals surface area contributed by atoms with E-state index in [0.717, 1.165) is 20.3 Å². The average molecular weight is 1450 g/mol. The van der Waals surface area contributed by atoms with Crippen LogP contribution in [0.2, 0.25) is 0 Å². The minimum Gasteiger partial charge on any atom is -0.507 e. The lowest BCUT2D eigenvalue weighted by molar-refractivity contribution is -0.268. The van der Waals surface area contributed by atoms with Crippen molar-refractivity contribution >= 4 is 76.5 Å². The van der Waals surface area contributed by atoms with Crippen LogP contribution in [0.25, 0.3) is 0 Å². The van der Waals surface area contributed by atoms with E-state index in [4.69, 9.17) is 34.5 Å². The van der Waals surface area contributed by atoms with E-state index in [-0.39, 0.29) is 60.6 Å². The van der Waals surface area contributed by atoms with Gasteiger partial charge in [0.25, 0.3) is 0 Å². The van der Waals surface area contributed by atoms with Crippen molar-refractivity contribution < 1.29 is 127 Å². The molecular formula is C68H95N9O26. The van der Waals surface area contributed by atoms with E-state index in [2.05, 4.69) is 42.5 Å². The van der Waals surface area contributed by atoms with Gasteiger partial charge in [-0.15, -0.1) is 0 Å². The summed E-state index contributed by atoms with van der Waals surface area (Å²) >= 11 is 0. The molecular weight excluding hydrogens is 1360 g/mol. The van der Waals surface area contributed by atoms with Crippen LogP contribution in [0, 0.1) is 11.8 Å². The van der Waals surface area contributed by atoms with Crippen molar-refractivity contribution in [2.75, 3.05) is 33.5 Å². The van der Waals surface area contributed by atoms with Crippen molar-refractivity contribution in [3.8, 4) is 17.2 Å². The van der Waals surface area contributed by atoms with Crippen LogP contribution < -0.4 is 53.0 Å². The number of primary amides is 1. The number of phenolic OH excluding ortho intramolecular Hbond substituents is 2. The van der Waals surface area contributed by atoms with E-state index in [1.807, 2.05) is 0 Å². The van der Waals surface area contributed by atoms with Crippen molar-refractivity contribution in [3.63, 3.8) is 0 Å². The zero-order valence-electron chi connectivity index (χ0n) is 58.3. The lowest BCUT2D eigenvalue weighted by Gasteiger charge is -2.47. The van der Waals surface area contributed by atoms with Gasteiger partial charge in [-0.25, -0.2) is 4.79 Å². The standard InChI is InChI=1S/C68H95N9O26/c1-30-21-35(22-31(2)80)102-59-33(4)101-49(23-39(59)73-60(30)91)103-43-26-68(98,25-37-51(43)58(90)53-52(56(37)88)55(87)36-15-11-16-42(99-7)50(36)57(53)89)44(81)29-100-66(97)67(5,6)77-64(95)41(28-79)75-62(93)38(18-19-45(69)82)72-65(96)54(34-13-9-8-10-14-34)76-63(94)40(27-78)74-61(92)32(3)71-47(84)24-46(83)70-20-12-17-48(85)86/h11,15-16,30-35,38-41,43,49,54,59-60,73,78-80,88,90-91,98H,8-10,12-14,17-29H2,1-7H3,(H2,69,82)(H,70,83)(H,71,84)(H,72,96)(H,74,92)(H,75,93)(H,76,94)(H,77,95)(H,85,86)/t30?,31?,32-,33?,35?,38-,39?,40-,41-,43-,49?,54?,59?,60?,68-/m0/s1. The second kappa shape index (κ2) is 35.6. The van der Waals surface area contributed by atoms with Crippen LogP contribution in [0.1, 0.15) is 181 Å². The number of aliphatic hydroxyl groups is 5. The molecule has 18 N–H and O–H groups in total. The molecule has 5 aliphatic rings. The zero-order valence-corrected chi connectivity index (χ0v) is 58.3. The molecule has 2 aromatic carbocycles. The van der Waals surface area contributed by atoms with Gasteiger partial charge in [0.1, 0.15) is 71.2 Å². The van der Waals surface area contributed by atoms with Crippen LogP contribution in [0.15, 0.2) is 18.2 Å². The molecule has 35 nitrogen and oxygen atoms in total. The molecule has 2 saturated heterocycles. The Morgan fingerprint density at radius 2 is 1.43 bits per heavy atom. The number of carbonyl (C=O) groups excluding carboxylic acids is 12. The number of aliphatic carboxylic acids is 1. The molecule has 7 rings (SSSR count). The maximum Gasteiger partial charge on any atom is 0.331 e. The van der Waals surface area contributed by atoms with Crippen molar-refractivity contribution in [3.05, 3.63) is 51.6 Å². The van der Waals surface area contributed by atoms with Crippen LogP contribution in [-0.2, 0) is 78.1 Å². The molecule has 8 amide bonds. The highest BCUT2D eigenvalue weighted by Crippen LogP contribution is 2.53. The summed E-state index contributed by atoms with van der Waals surface area (Å²) in [6.45, 7) is 5.02. The van der Waals surface area contributed by atoms with E-state index >= 15 is 0 Å². The molecule has 0 radical (unpaired) electrons. The van der Waals surface area contributed by atoms with Gasteiger partial charge in [0.05, 0.1) is 67.5 Å². The van der Waals surface area contributed by atoms with E-state index in [0.29, 0.717) is 32.1 Å². The fourth-order valence-corrected chi connectivity index (χ4v) is 13.5. The normalized spacial score (nSPS) is 24.3. The number of fused-ring (bicyclic) bond motifs is 4. The fraction of sp³-hybridized carbons (Fsp3) is 0.632. The quantitative estimate of drug-likeness (QED) is 0.0130. The summed E-state index contributed by atoms with van der Waals surface area (Å²) in [5.74, 6) is -16.4. The largest absolute Gasteiger partial charge is 0.507 e. The Labute approximate surface area is 592 Å². The van der Waals surface area contributed by atoms with Gasteiger partial charge in [0.15, 0.2) is 18.7 Å². The van der Waals surface area contributed by atoms with E-state index in [1.165, 1.54) is 32.2 Å². The highest BCUT2D eigenvalue weighted by molar-refractivity contribution is 6.31. The number of carbonyl (C=O) groups is 13. The first-order valence-corrected chi connectivity index (χ1v) is 34.2. The fourth-order valence-electron chi connectivity index (χ4n) is 13.5. The smallest absolute Gasteiger partial charge is 0.331 e. The van der Waals surface area contributed by atoms with Crippen molar-refractivity contribution in [1.82, 2.24) is 42.5 Å². The second-order valence-corrected chi connectivity index (χ2v) is 27.5. The number of Topliss-reactive ketones (excluding diaryl/α,β-unsaturated/α-hetero) is 1. The maximum absolute atomic E-state index is 14.6. The van der Waals surface area contributed by atoms with Crippen LogP contribution in [0.5, 0.6) is 17.2 Å². The van der Waals surface area contributed by atoms with E-state index < -0.39 is 253 Å². The molecule has 1 saturated carbocycles. The number of aromatic hydroxyl groups is 2. The third kappa shape index (κ3) is 20.3. The number of phenols is 2. The topological polar surface area (TPSA) is 552 Å². The summed E-state index contributed by atoms with van der Waals surface area (Å²) in [5, 5.41) is 108. The Bertz CT molecular complexity index is 3540. The number of esters is 1. The summed E-state index contributed by atoms with van der Waals surface area (Å²) < 4.78 is 30.2. The number of hydrogen-bond donors (Lipinski definition) is 17. The molecule has 0 aromatic heterocycles. The first-order valence-electron chi connectivity index (χ1n) is 34.2. The SMILES string of the molecule is COc1cccc2c1C(=O)c1c(O)c3c(c(O)c1C2=O)C[C@@](O)(C(=O)COC(=O)C(C)(C)NC(=O)[C@H](CO)NC(=O)[C@H](CCC(N)=O)NC(=O)C(NC(=O)[C@H](CO)NC(=O)[C@H](C)NC(=O)CC(=O)NCCCC(=O)O)C1CCCCC1)C[C@@H]3OC1CC2NC(O)C(C)CC(CC(C)O)OC2C(C)O1. The van der Waals surface area contributed by atoms with Crippen molar-refractivity contribution in [1.29, 1.82) is 0 Å². The average Bonchev–Trinajstić information content (AvgIpc) is 0.711. The summed E-state index contributed by atoms with van der Waals surface area (Å²) in [4.78, 5) is 174. The number of methoxy groups -OCH3 is 1. The number of carboxylic acids is 1. The number of amides is 8. The molecule has 0 spiro atoms. The number of carboxylic acid groups (broad SMARTS) is 1. The van der Waals surface area contributed by atoms with E-state index in [9.17, 15) is 98.1 Å². The predicted octanol–water partition coefficient (Wildman–Crippen LogP) is -2.75. The Balaban J connectivity index is 1.04. The first-order chi connectivity index (χ1) is 48.5. The molecule has 35 heteroatoms. The number of ether oxygens (including phenoxy) is 5. The predicted molar refractivity (Wildman–Crippen MR) is 355 cm³/mol. The zero-order chi connectivity index (χ0) is 76.1. The van der Waals surface area contributed by atoms with Crippen LogP contribution in [0.3, 0.4) is 0 Å². The molecule has 0 bridgehead atoms. The minimum absolute atomic E-state index is 0.0275. The maximum atomic E-state index is 14.6. The van der Waals surface area contributed by atoms with Gasteiger partial charge in [-0.1, -0.05) is 38.3 Å². The van der Waals surface area contributed by atoms with Gasteiger partial charge >= 0.3 is 11.9 Å². The third-order valence-electron chi connectivity index (χ3n) is 19.0. The van der Waals surface area contributed by atoms with Gasteiger partial charge in [-0.05, 0) is 91.0 Å². The monoisotopic (exact) mass is 1450 g/mol. The highest BCUT2D eigenvalue weighted by atomic mass is 16.7. The molecule has 3 fully saturated rings. The van der Waals surface area contributed by atoms with Crippen molar-refractivity contribution in [2.45, 2.75) is 228 Å². The number of hydrogen-bond acceptors (Lipinski definition) is 26.